The van der Waals surface area contributed by atoms with Crippen molar-refractivity contribution in [3.8, 4) is 0 Å². The third kappa shape index (κ3) is 3.77. The van der Waals surface area contributed by atoms with Crippen LogP contribution in [-0.2, 0) is 16.0 Å². The van der Waals surface area contributed by atoms with Crippen LogP contribution in [0.3, 0.4) is 0 Å². The number of carboxylic acid groups (broad SMARTS) is 1. The first-order valence-electron chi connectivity index (χ1n) is 6.47. The van der Waals surface area contributed by atoms with Crippen LogP contribution in [0.5, 0.6) is 0 Å². The first-order chi connectivity index (χ1) is 9.70. The van der Waals surface area contributed by atoms with Gasteiger partial charge < -0.3 is 10.0 Å². The van der Waals surface area contributed by atoms with Gasteiger partial charge in [-0.05, 0) is 26.3 Å². The first-order valence-corrected chi connectivity index (χ1v) is 6.47. The summed E-state index contributed by atoms with van der Waals surface area (Å²) < 4.78 is 0. The number of non-ortho nitro benzene ring substituents is 1. The molecule has 1 rings (SSSR count). The standard InChI is InChI=1S/C14H18N2O5/c1-4-15(14(2,3)13(18)19)12(17)9-10-5-7-11(8-6-10)16(20)21/h5-8H,4,9H2,1-3H3,(H,18,19). The molecule has 0 unspecified atom stereocenters. The average molecular weight is 294 g/mol. The molecule has 1 amide bonds. The predicted octanol–water partition coefficient (Wildman–Crippen LogP) is 1.85. The van der Waals surface area contributed by atoms with Gasteiger partial charge in [-0.2, -0.15) is 0 Å². The van der Waals surface area contributed by atoms with Crippen molar-refractivity contribution >= 4 is 17.6 Å². The van der Waals surface area contributed by atoms with Crippen molar-refractivity contribution < 1.29 is 19.6 Å². The van der Waals surface area contributed by atoms with Crippen molar-refractivity contribution in [1.82, 2.24) is 4.90 Å². The minimum atomic E-state index is -1.30. The van der Waals surface area contributed by atoms with Gasteiger partial charge in [0.2, 0.25) is 5.91 Å². The summed E-state index contributed by atoms with van der Waals surface area (Å²) in [4.78, 5) is 34.8. The van der Waals surface area contributed by atoms with E-state index in [9.17, 15) is 24.8 Å². The number of benzene rings is 1. The van der Waals surface area contributed by atoms with Crippen molar-refractivity contribution in [2.75, 3.05) is 6.54 Å². The van der Waals surface area contributed by atoms with E-state index in [1.165, 1.54) is 43.0 Å². The summed E-state index contributed by atoms with van der Waals surface area (Å²) in [6.45, 7) is 4.91. The van der Waals surface area contributed by atoms with Crippen LogP contribution in [-0.4, -0.2) is 38.9 Å². The molecule has 1 aromatic carbocycles. The highest BCUT2D eigenvalue weighted by Crippen LogP contribution is 2.18. The summed E-state index contributed by atoms with van der Waals surface area (Å²) in [5.41, 5.74) is -0.748. The van der Waals surface area contributed by atoms with Gasteiger partial charge in [-0.15, -0.1) is 0 Å². The molecule has 1 N–H and O–H groups in total. The van der Waals surface area contributed by atoms with E-state index in [0.29, 0.717) is 5.56 Å². The molecule has 0 bridgehead atoms. The summed E-state index contributed by atoms with van der Waals surface area (Å²) in [5.74, 6) is -1.42. The van der Waals surface area contributed by atoms with E-state index in [1.807, 2.05) is 0 Å². The Kier molecular flexibility index (Phi) is 5.02. The first kappa shape index (κ1) is 16.6. The van der Waals surface area contributed by atoms with Crippen molar-refractivity contribution in [1.29, 1.82) is 0 Å². The molecule has 0 heterocycles. The normalized spacial score (nSPS) is 11.0. The molecular weight excluding hydrogens is 276 g/mol. The maximum Gasteiger partial charge on any atom is 0.329 e. The van der Waals surface area contributed by atoms with Crippen LogP contribution in [0.1, 0.15) is 26.3 Å². The summed E-state index contributed by atoms with van der Waals surface area (Å²) in [6, 6.07) is 5.64. The number of aliphatic carboxylic acids is 1. The molecule has 0 aliphatic carbocycles. The van der Waals surface area contributed by atoms with E-state index < -0.39 is 16.4 Å². The molecule has 0 aliphatic heterocycles. The topological polar surface area (TPSA) is 101 Å². The largest absolute Gasteiger partial charge is 0.480 e. The number of carboxylic acids is 1. The molecule has 0 aliphatic rings. The highest BCUT2D eigenvalue weighted by molar-refractivity contribution is 5.87. The molecule has 7 heteroatoms. The number of carbonyl (C=O) groups is 2. The minimum Gasteiger partial charge on any atom is -0.480 e. The van der Waals surface area contributed by atoms with Crippen molar-refractivity contribution in [3.63, 3.8) is 0 Å². The van der Waals surface area contributed by atoms with Crippen LogP contribution < -0.4 is 0 Å². The minimum absolute atomic E-state index is 0.00252. The van der Waals surface area contributed by atoms with E-state index in [1.54, 1.807) is 6.92 Å². The zero-order valence-electron chi connectivity index (χ0n) is 12.2. The Hall–Kier alpha value is -2.44. The lowest BCUT2D eigenvalue weighted by Crippen LogP contribution is -2.53. The number of rotatable bonds is 6. The highest BCUT2D eigenvalue weighted by atomic mass is 16.6. The summed E-state index contributed by atoms with van der Waals surface area (Å²) in [6.07, 6.45) is 0.00252. The Morgan fingerprint density at radius 3 is 2.19 bits per heavy atom. The van der Waals surface area contributed by atoms with Gasteiger partial charge in [0.05, 0.1) is 11.3 Å². The second-order valence-electron chi connectivity index (χ2n) is 5.10. The molecule has 21 heavy (non-hydrogen) atoms. The van der Waals surface area contributed by atoms with Crippen LogP contribution >= 0.6 is 0 Å². The Bertz CT molecular complexity index is 551. The number of nitro benzene ring substituents is 1. The summed E-state index contributed by atoms with van der Waals surface area (Å²) in [7, 11) is 0. The Balaban J connectivity index is 2.88. The number of nitro groups is 1. The van der Waals surface area contributed by atoms with Crippen LogP contribution in [0.4, 0.5) is 5.69 Å². The fraction of sp³-hybridized carbons (Fsp3) is 0.429. The van der Waals surface area contributed by atoms with Gasteiger partial charge in [0.25, 0.3) is 5.69 Å². The Labute approximate surface area is 122 Å². The van der Waals surface area contributed by atoms with Crippen LogP contribution in [0.25, 0.3) is 0 Å². The SMILES string of the molecule is CCN(C(=O)Cc1ccc([N+](=O)[O-])cc1)C(C)(C)C(=O)O. The molecule has 0 atom stereocenters. The van der Waals surface area contributed by atoms with Crippen molar-refractivity contribution in [2.24, 2.45) is 0 Å². The van der Waals surface area contributed by atoms with Gasteiger partial charge in [0, 0.05) is 18.7 Å². The van der Waals surface area contributed by atoms with E-state index in [0.717, 1.165) is 0 Å². The molecule has 0 saturated heterocycles. The van der Waals surface area contributed by atoms with Gasteiger partial charge in [0.1, 0.15) is 5.54 Å². The van der Waals surface area contributed by atoms with Gasteiger partial charge >= 0.3 is 5.97 Å². The van der Waals surface area contributed by atoms with Crippen LogP contribution in [0.2, 0.25) is 0 Å². The van der Waals surface area contributed by atoms with Gasteiger partial charge in [-0.3, -0.25) is 14.9 Å². The number of nitrogens with zero attached hydrogens (tertiary/aromatic N) is 2. The molecule has 0 spiro atoms. The number of amides is 1. The second kappa shape index (κ2) is 6.34. The number of likely N-dealkylation sites (N-methyl/N-ethyl adjacent to an activating group) is 1. The third-order valence-corrected chi connectivity index (χ3v) is 3.32. The maximum absolute atomic E-state index is 12.2. The fourth-order valence-corrected chi connectivity index (χ4v) is 2.00. The Morgan fingerprint density at radius 1 is 1.29 bits per heavy atom. The lowest BCUT2D eigenvalue weighted by Gasteiger charge is -2.34. The number of hydrogen-bond acceptors (Lipinski definition) is 4. The highest BCUT2D eigenvalue weighted by Gasteiger charge is 2.36. The lowest BCUT2D eigenvalue weighted by molar-refractivity contribution is -0.384. The van der Waals surface area contributed by atoms with Gasteiger partial charge in [-0.1, -0.05) is 12.1 Å². The zero-order chi connectivity index (χ0) is 16.2. The van der Waals surface area contributed by atoms with E-state index in [-0.39, 0.29) is 24.6 Å². The molecule has 1 aromatic rings. The maximum atomic E-state index is 12.2. The molecule has 114 valence electrons. The van der Waals surface area contributed by atoms with E-state index in [4.69, 9.17) is 0 Å². The number of hydrogen-bond donors (Lipinski definition) is 1. The van der Waals surface area contributed by atoms with Gasteiger partial charge in [0.15, 0.2) is 0 Å². The summed E-state index contributed by atoms with van der Waals surface area (Å²) >= 11 is 0. The quantitative estimate of drug-likeness (QED) is 0.637. The molecule has 0 saturated carbocycles. The molecule has 0 radical (unpaired) electrons. The summed E-state index contributed by atoms with van der Waals surface area (Å²) in [5, 5.41) is 19.7. The monoisotopic (exact) mass is 294 g/mol. The second-order valence-corrected chi connectivity index (χ2v) is 5.10. The van der Waals surface area contributed by atoms with Crippen LogP contribution in [0.15, 0.2) is 24.3 Å². The number of carbonyl (C=O) groups excluding carboxylic acids is 1. The van der Waals surface area contributed by atoms with Crippen LogP contribution in [0, 0.1) is 10.1 Å². The smallest absolute Gasteiger partial charge is 0.329 e. The molecule has 0 fully saturated rings. The molecule has 0 aromatic heterocycles. The Morgan fingerprint density at radius 2 is 1.81 bits per heavy atom. The van der Waals surface area contributed by atoms with Gasteiger partial charge in [-0.25, -0.2) is 4.79 Å². The van der Waals surface area contributed by atoms with Crippen molar-refractivity contribution in [3.05, 3.63) is 39.9 Å². The van der Waals surface area contributed by atoms with Crippen molar-refractivity contribution in [2.45, 2.75) is 32.7 Å². The van der Waals surface area contributed by atoms with E-state index in [2.05, 4.69) is 0 Å². The average Bonchev–Trinajstić information content (AvgIpc) is 2.39. The molecular formula is C14H18N2O5. The third-order valence-electron chi connectivity index (χ3n) is 3.32. The molecule has 7 nitrogen and oxygen atoms in total. The van der Waals surface area contributed by atoms with E-state index >= 15 is 0 Å². The fourth-order valence-electron chi connectivity index (χ4n) is 2.00. The predicted molar refractivity (Wildman–Crippen MR) is 75.9 cm³/mol. The lowest BCUT2D eigenvalue weighted by atomic mass is 10.0. The zero-order valence-corrected chi connectivity index (χ0v) is 12.2.